The maximum atomic E-state index is 9.82. The number of aryl methyl sites for hydroxylation is 1. The van der Waals surface area contributed by atoms with E-state index in [4.69, 9.17) is 5.73 Å². The fourth-order valence-corrected chi connectivity index (χ4v) is 2.34. The summed E-state index contributed by atoms with van der Waals surface area (Å²) in [6.45, 7) is 4.07. The van der Waals surface area contributed by atoms with Gasteiger partial charge in [0.25, 0.3) is 0 Å². The number of aliphatic hydroxyl groups excluding tert-OH is 1. The molecule has 1 aromatic carbocycles. The van der Waals surface area contributed by atoms with Gasteiger partial charge >= 0.3 is 0 Å². The van der Waals surface area contributed by atoms with Crippen LogP contribution in [0.2, 0.25) is 0 Å². The SMILES string of the molecule is CCC[C@@H](O)[C@@H](N)c1ccc(C)cc1Br. The Morgan fingerprint density at radius 2 is 2.13 bits per heavy atom. The summed E-state index contributed by atoms with van der Waals surface area (Å²) in [4.78, 5) is 0. The Bertz CT molecular complexity index is 327. The largest absolute Gasteiger partial charge is 0.391 e. The van der Waals surface area contributed by atoms with E-state index in [9.17, 15) is 5.11 Å². The van der Waals surface area contributed by atoms with Crippen molar-refractivity contribution in [3.05, 3.63) is 33.8 Å². The number of aliphatic hydroxyl groups is 1. The Balaban J connectivity index is 2.86. The van der Waals surface area contributed by atoms with Gasteiger partial charge in [-0.15, -0.1) is 0 Å². The van der Waals surface area contributed by atoms with Crippen molar-refractivity contribution in [3.63, 3.8) is 0 Å². The molecule has 0 fully saturated rings. The van der Waals surface area contributed by atoms with Crippen LogP contribution in [-0.2, 0) is 0 Å². The van der Waals surface area contributed by atoms with Crippen LogP contribution in [0, 0.1) is 6.92 Å². The monoisotopic (exact) mass is 271 g/mol. The Morgan fingerprint density at radius 3 is 2.67 bits per heavy atom. The summed E-state index contributed by atoms with van der Waals surface area (Å²) in [6, 6.07) is 5.70. The van der Waals surface area contributed by atoms with Crippen molar-refractivity contribution in [3.8, 4) is 0 Å². The summed E-state index contributed by atoms with van der Waals surface area (Å²) >= 11 is 3.48. The van der Waals surface area contributed by atoms with Crippen LogP contribution in [0.25, 0.3) is 0 Å². The molecule has 3 N–H and O–H groups in total. The maximum Gasteiger partial charge on any atom is 0.0733 e. The molecule has 0 bridgehead atoms. The summed E-state index contributed by atoms with van der Waals surface area (Å²) in [6.07, 6.45) is 1.22. The summed E-state index contributed by atoms with van der Waals surface area (Å²) in [7, 11) is 0. The van der Waals surface area contributed by atoms with Gasteiger partial charge in [0.2, 0.25) is 0 Å². The molecular formula is C12H18BrNO. The lowest BCUT2D eigenvalue weighted by Crippen LogP contribution is -2.26. The second-order valence-electron chi connectivity index (χ2n) is 3.91. The lowest BCUT2D eigenvalue weighted by Gasteiger charge is -2.20. The third-order valence-corrected chi connectivity index (χ3v) is 3.20. The molecule has 15 heavy (non-hydrogen) atoms. The minimum atomic E-state index is -0.464. The van der Waals surface area contributed by atoms with Crippen LogP contribution >= 0.6 is 15.9 Å². The molecule has 0 amide bonds. The van der Waals surface area contributed by atoms with E-state index in [0.717, 1.165) is 22.9 Å². The van der Waals surface area contributed by atoms with Crippen LogP contribution in [0.4, 0.5) is 0 Å². The van der Waals surface area contributed by atoms with Crippen molar-refractivity contribution in [1.82, 2.24) is 0 Å². The molecule has 0 heterocycles. The Morgan fingerprint density at radius 1 is 1.47 bits per heavy atom. The number of hydrogen-bond acceptors (Lipinski definition) is 2. The van der Waals surface area contributed by atoms with Crippen LogP contribution in [0.5, 0.6) is 0 Å². The van der Waals surface area contributed by atoms with Crippen LogP contribution in [-0.4, -0.2) is 11.2 Å². The lowest BCUT2D eigenvalue weighted by atomic mass is 9.98. The second kappa shape index (κ2) is 5.64. The van der Waals surface area contributed by atoms with E-state index < -0.39 is 6.10 Å². The molecule has 0 saturated heterocycles. The number of nitrogens with two attached hydrogens (primary N) is 1. The average molecular weight is 272 g/mol. The van der Waals surface area contributed by atoms with Crippen molar-refractivity contribution in [2.75, 3.05) is 0 Å². The highest BCUT2D eigenvalue weighted by molar-refractivity contribution is 9.10. The van der Waals surface area contributed by atoms with Crippen molar-refractivity contribution >= 4 is 15.9 Å². The molecule has 1 rings (SSSR count). The second-order valence-corrected chi connectivity index (χ2v) is 4.76. The number of halogens is 1. The summed E-state index contributed by atoms with van der Waals surface area (Å²) < 4.78 is 0.977. The first-order chi connectivity index (χ1) is 7.06. The molecule has 0 unspecified atom stereocenters. The normalized spacial score (nSPS) is 15.0. The first kappa shape index (κ1) is 12.7. The minimum absolute atomic E-state index is 0.306. The summed E-state index contributed by atoms with van der Waals surface area (Å²) in [5.41, 5.74) is 8.15. The van der Waals surface area contributed by atoms with Crippen molar-refractivity contribution in [2.24, 2.45) is 5.73 Å². The van der Waals surface area contributed by atoms with Gasteiger partial charge in [-0.1, -0.05) is 41.4 Å². The smallest absolute Gasteiger partial charge is 0.0733 e. The van der Waals surface area contributed by atoms with E-state index in [-0.39, 0.29) is 6.04 Å². The van der Waals surface area contributed by atoms with Gasteiger partial charge in [0, 0.05) is 4.47 Å². The van der Waals surface area contributed by atoms with E-state index in [0.29, 0.717) is 0 Å². The van der Waals surface area contributed by atoms with E-state index in [1.165, 1.54) is 5.56 Å². The van der Waals surface area contributed by atoms with Crippen LogP contribution in [0.1, 0.15) is 36.9 Å². The van der Waals surface area contributed by atoms with E-state index >= 15 is 0 Å². The molecule has 0 radical (unpaired) electrons. The zero-order chi connectivity index (χ0) is 11.4. The molecular weight excluding hydrogens is 254 g/mol. The molecule has 1 aromatic rings. The molecule has 84 valence electrons. The standard InChI is InChI=1S/C12H18BrNO/c1-3-4-11(15)12(14)9-6-5-8(2)7-10(9)13/h5-7,11-12,15H,3-4,14H2,1-2H3/t11-,12+/m1/s1. The first-order valence-corrected chi connectivity index (χ1v) is 6.05. The predicted octanol–water partition coefficient (Wildman–Crippen LogP) is 2.92. The third-order valence-electron chi connectivity index (χ3n) is 2.51. The van der Waals surface area contributed by atoms with Crippen molar-refractivity contribution in [2.45, 2.75) is 38.8 Å². The topological polar surface area (TPSA) is 46.2 Å². The highest BCUT2D eigenvalue weighted by Gasteiger charge is 2.17. The molecule has 0 aliphatic heterocycles. The van der Waals surface area contributed by atoms with Gasteiger partial charge in [-0.25, -0.2) is 0 Å². The zero-order valence-electron chi connectivity index (χ0n) is 9.20. The molecule has 3 heteroatoms. The van der Waals surface area contributed by atoms with Gasteiger partial charge in [-0.05, 0) is 30.5 Å². The lowest BCUT2D eigenvalue weighted by molar-refractivity contribution is 0.134. The molecule has 0 aliphatic carbocycles. The Labute approximate surface area is 99.6 Å². The fourth-order valence-electron chi connectivity index (χ4n) is 1.59. The molecule has 0 aromatic heterocycles. The fraction of sp³-hybridized carbons (Fsp3) is 0.500. The predicted molar refractivity (Wildman–Crippen MR) is 66.7 cm³/mol. The van der Waals surface area contributed by atoms with E-state index in [1.54, 1.807) is 0 Å². The Kier molecular flexibility index (Phi) is 4.77. The number of rotatable bonds is 4. The number of benzene rings is 1. The third kappa shape index (κ3) is 3.30. The molecule has 0 saturated carbocycles. The first-order valence-electron chi connectivity index (χ1n) is 5.26. The summed E-state index contributed by atoms with van der Waals surface area (Å²) in [5, 5.41) is 9.82. The van der Waals surface area contributed by atoms with Gasteiger partial charge in [-0.2, -0.15) is 0 Å². The maximum absolute atomic E-state index is 9.82. The van der Waals surface area contributed by atoms with E-state index in [2.05, 4.69) is 15.9 Å². The van der Waals surface area contributed by atoms with Gasteiger partial charge in [-0.3, -0.25) is 0 Å². The number of hydrogen-bond donors (Lipinski definition) is 2. The van der Waals surface area contributed by atoms with Crippen LogP contribution in [0.15, 0.2) is 22.7 Å². The highest BCUT2D eigenvalue weighted by Crippen LogP contribution is 2.26. The van der Waals surface area contributed by atoms with Crippen LogP contribution in [0.3, 0.4) is 0 Å². The molecule has 2 nitrogen and oxygen atoms in total. The van der Waals surface area contributed by atoms with Crippen molar-refractivity contribution < 1.29 is 5.11 Å². The molecule has 0 spiro atoms. The minimum Gasteiger partial charge on any atom is -0.391 e. The van der Waals surface area contributed by atoms with E-state index in [1.807, 2.05) is 32.0 Å². The van der Waals surface area contributed by atoms with Crippen LogP contribution < -0.4 is 5.73 Å². The molecule has 0 aliphatic rings. The Hall–Kier alpha value is -0.380. The van der Waals surface area contributed by atoms with Gasteiger partial charge in [0.05, 0.1) is 12.1 Å². The van der Waals surface area contributed by atoms with Gasteiger partial charge < -0.3 is 10.8 Å². The summed E-state index contributed by atoms with van der Waals surface area (Å²) in [5.74, 6) is 0. The zero-order valence-corrected chi connectivity index (χ0v) is 10.8. The quantitative estimate of drug-likeness (QED) is 0.885. The van der Waals surface area contributed by atoms with Gasteiger partial charge in [0.15, 0.2) is 0 Å². The highest BCUT2D eigenvalue weighted by atomic mass is 79.9. The van der Waals surface area contributed by atoms with Crippen molar-refractivity contribution in [1.29, 1.82) is 0 Å². The van der Waals surface area contributed by atoms with Gasteiger partial charge in [0.1, 0.15) is 0 Å². The molecule has 2 atom stereocenters. The average Bonchev–Trinajstić information content (AvgIpc) is 2.17.